The van der Waals surface area contributed by atoms with E-state index in [4.69, 9.17) is 0 Å². The van der Waals surface area contributed by atoms with E-state index >= 15 is 0 Å². The van der Waals surface area contributed by atoms with Crippen LogP contribution in [0.1, 0.15) is 16.7 Å². The predicted octanol–water partition coefficient (Wildman–Crippen LogP) is 3.09. The van der Waals surface area contributed by atoms with Crippen molar-refractivity contribution in [1.29, 1.82) is 0 Å². The Morgan fingerprint density at radius 1 is 0.917 bits per heavy atom. The van der Waals surface area contributed by atoms with Gasteiger partial charge in [0.05, 0.1) is 0 Å². The first-order chi connectivity index (χ1) is 5.68. The summed E-state index contributed by atoms with van der Waals surface area (Å²) in [6.07, 6.45) is 2.06. The summed E-state index contributed by atoms with van der Waals surface area (Å²) in [5, 5.41) is 1.35. The number of fused-ring (bicyclic) bond motifs is 1. The Balaban J connectivity index is 2.87. The second-order valence-electron chi connectivity index (χ2n) is 3.45. The maximum Gasteiger partial charge on any atom is 0.0459 e. The lowest BCUT2D eigenvalue weighted by molar-refractivity contribution is 1.35. The summed E-state index contributed by atoms with van der Waals surface area (Å²) in [4.78, 5) is 3.26. The molecule has 0 aliphatic heterocycles. The highest BCUT2D eigenvalue weighted by atomic mass is 14.7. The fourth-order valence-electron chi connectivity index (χ4n) is 1.53. The van der Waals surface area contributed by atoms with Crippen LogP contribution < -0.4 is 0 Å². The number of aromatic nitrogens is 1. The highest BCUT2D eigenvalue weighted by Gasteiger charge is 2.00. The van der Waals surface area contributed by atoms with Crippen LogP contribution >= 0.6 is 0 Å². The number of H-pyrrole nitrogens is 1. The minimum Gasteiger partial charge on any atom is -0.361 e. The number of aromatic amines is 1. The molecule has 2 rings (SSSR count). The molecule has 1 heterocycles. The quantitative estimate of drug-likeness (QED) is 0.608. The minimum absolute atomic E-state index is 1.25. The van der Waals surface area contributed by atoms with E-state index < -0.39 is 0 Å². The number of hydrogen-bond donors (Lipinski definition) is 1. The van der Waals surface area contributed by atoms with E-state index in [1.54, 1.807) is 0 Å². The van der Waals surface area contributed by atoms with Crippen LogP contribution in [0.15, 0.2) is 18.3 Å². The number of nitrogens with one attached hydrogen (secondary N) is 1. The van der Waals surface area contributed by atoms with Crippen molar-refractivity contribution in [2.75, 3.05) is 0 Å². The topological polar surface area (TPSA) is 15.8 Å². The van der Waals surface area contributed by atoms with Crippen molar-refractivity contribution >= 4 is 10.9 Å². The largest absolute Gasteiger partial charge is 0.361 e. The van der Waals surface area contributed by atoms with Gasteiger partial charge in [0.25, 0.3) is 0 Å². The highest BCUT2D eigenvalue weighted by Crippen LogP contribution is 2.21. The van der Waals surface area contributed by atoms with Gasteiger partial charge in [0, 0.05) is 17.1 Å². The molecule has 62 valence electrons. The predicted molar refractivity (Wildman–Crippen MR) is 52.5 cm³/mol. The molecule has 0 saturated carbocycles. The van der Waals surface area contributed by atoms with Crippen molar-refractivity contribution < 1.29 is 0 Å². The molecule has 0 aliphatic carbocycles. The zero-order valence-corrected chi connectivity index (χ0v) is 7.73. The van der Waals surface area contributed by atoms with E-state index in [0.717, 1.165) is 0 Å². The lowest BCUT2D eigenvalue weighted by atomic mass is 10.1. The van der Waals surface area contributed by atoms with Crippen LogP contribution in [0.2, 0.25) is 0 Å². The van der Waals surface area contributed by atoms with Crippen LogP contribution in [0.3, 0.4) is 0 Å². The molecule has 1 nitrogen and oxygen atoms in total. The lowest BCUT2D eigenvalue weighted by Gasteiger charge is -1.99. The summed E-state index contributed by atoms with van der Waals surface area (Å²) in [5.41, 5.74) is 5.29. The van der Waals surface area contributed by atoms with Crippen molar-refractivity contribution in [2.45, 2.75) is 20.8 Å². The second kappa shape index (κ2) is 2.37. The number of hydrogen-bond acceptors (Lipinski definition) is 0. The fraction of sp³-hybridized carbons (Fsp3) is 0.273. The molecule has 1 heteroatoms. The Morgan fingerprint density at radius 2 is 1.58 bits per heavy atom. The SMILES string of the molecule is Cc1cc2[nH]cc(C)c2cc1C. The Morgan fingerprint density at radius 3 is 2.33 bits per heavy atom. The first kappa shape index (κ1) is 7.41. The minimum atomic E-state index is 1.25. The van der Waals surface area contributed by atoms with E-state index in [1.807, 2.05) is 0 Å². The molecule has 0 fully saturated rings. The van der Waals surface area contributed by atoms with Crippen LogP contribution in [-0.2, 0) is 0 Å². The van der Waals surface area contributed by atoms with E-state index in [0.29, 0.717) is 0 Å². The van der Waals surface area contributed by atoms with E-state index in [9.17, 15) is 0 Å². The second-order valence-corrected chi connectivity index (χ2v) is 3.45. The van der Waals surface area contributed by atoms with E-state index in [1.165, 1.54) is 27.6 Å². The Kier molecular flexibility index (Phi) is 1.47. The van der Waals surface area contributed by atoms with Gasteiger partial charge in [0.15, 0.2) is 0 Å². The van der Waals surface area contributed by atoms with Crippen molar-refractivity contribution in [3.05, 3.63) is 35.0 Å². The van der Waals surface area contributed by atoms with Gasteiger partial charge in [-0.05, 0) is 49.6 Å². The smallest absolute Gasteiger partial charge is 0.0459 e. The first-order valence-electron chi connectivity index (χ1n) is 4.23. The molecule has 0 bridgehead atoms. The van der Waals surface area contributed by atoms with Gasteiger partial charge in [-0.1, -0.05) is 0 Å². The molecule has 0 amide bonds. The molecule has 0 saturated heterocycles. The maximum atomic E-state index is 3.26. The number of aryl methyl sites for hydroxylation is 3. The van der Waals surface area contributed by atoms with Crippen LogP contribution in [0, 0.1) is 20.8 Å². The third kappa shape index (κ3) is 0.934. The summed E-state index contributed by atoms with van der Waals surface area (Å²) in [7, 11) is 0. The van der Waals surface area contributed by atoms with Gasteiger partial charge >= 0.3 is 0 Å². The van der Waals surface area contributed by atoms with Gasteiger partial charge < -0.3 is 4.98 Å². The molecule has 1 N–H and O–H groups in total. The zero-order valence-electron chi connectivity index (χ0n) is 7.73. The monoisotopic (exact) mass is 159 g/mol. The van der Waals surface area contributed by atoms with Gasteiger partial charge in [-0.25, -0.2) is 0 Å². The number of rotatable bonds is 0. The molecule has 0 spiro atoms. The normalized spacial score (nSPS) is 10.9. The summed E-state index contributed by atoms with van der Waals surface area (Å²) in [6, 6.07) is 4.45. The third-order valence-electron chi connectivity index (χ3n) is 2.50. The average Bonchev–Trinajstić information content (AvgIpc) is 2.35. The van der Waals surface area contributed by atoms with Crippen molar-refractivity contribution in [1.82, 2.24) is 4.98 Å². The van der Waals surface area contributed by atoms with E-state index in [2.05, 4.69) is 44.1 Å². The maximum absolute atomic E-state index is 3.26. The summed E-state index contributed by atoms with van der Waals surface area (Å²) in [6.45, 7) is 6.43. The van der Waals surface area contributed by atoms with Crippen molar-refractivity contribution in [2.24, 2.45) is 0 Å². The molecule has 0 aliphatic rings. The Labute approximate surface area is 72.4 Å². The van der Waals surface area contributed by atoms with Gasteiger partial charge in [0.1, 0.15) is 0 Å². The third-order valence-corrected chi connectivity index (χ3v) is 2.50. The van der Waals surface area contributed by atoms with Crippen LogP contribution in [0.4, 0.5) is 0 Å². The van der Waals surface area contributed by atoms with Gasteiger partial charge in [-0.15, -0.1) is 0 Å². The number of benzene rings is 1. The van der Waals surface area contributed by atoms with Crippen molar-refractivity contribution in [3.63, 3.8) is 0 Å². The van der Waals surface area contributed by atoms with Crippen LogP contribution in [0.25, 0.3) is 10.9 Å². The molecule has 0 radical (unpaired) electrons. The van der Waals surface area contributed by atoms with Crippen LogP contribution in [-0.4, -0.2) is 4.98 Å². The summed E-state index contributed by atoms with van der Waals surface area (Å²) >= 11 is 0. The first-order valence-corrected chi connectivity index (χ1v) is 4.23. The Bertz CT molecular complexity index is 424. The molecule has 1 aromatic carbocycles. The fourth-order valence-corrected chi connectivity index (χ4v) is 1.53. The molecule has 12 heavy (non-hydrogen) atoms. The summed E-state index contributed by atoms with van der Waals surface area (Å²) < 4.78 is 0. The Hall–Kier alpha value is -1.24. The van der Waals surface area contributed by atoms with Crippen molar-refractivity contribution in [3.8, 4) is 0 Å². The molecular formula is C11H13N. The molecule has 0 unspecified atom stereocenters. The van der Waals surface area contributed by atoms with Gasteiger partial charge in [-0.2, -0.15) is 0 Å². The lowest BCUT2D eigenvalue weighted by Crippen LogP contribution is -1.80. The van der Waals surface area contributed by atoms with Gasteiger partial charge in [0.2, 0.25) is 0 Å². The van der Waals surface area contributed by atoms with E-state index in [-0.39, 0.29) is 0 Å². The van der Waals surface area contributed by atoms with Gasteiger partial charge in [-0.3, -0.25) is 0 Å². The zero-order chi connectivity index (χ0) is 8.72. The average molecular weight is 159 g/mol. The molecule has 0 atom stereocenters. The molecule has 2 aromatic rings. The standard InChI is InChI=1S/C11H13N/c1-7-4-10-9(3)6-12-11(10)5-8(7)2/h4-6,12H,1-3H3. The molecule has 1 aromatic heterocycles. The van der Waals surface area contributed by atoms with Crippen LogP contribution in [0.5, 0.6) is 0 Å². The summed E-state index contributed by atoms with van der Waals surface area (Å²) in [5.74, 6) is 0. The highest BCUT2D eigenvalue weighted by molar-refractivity contribution is 5.84. The molecular weight excluding hydrogens is 146 g/mol.